The Kier molecular flexibility index (Phi) is 5.84. The number of benzene rings is 2. The number of carbonyl (C=O) groups excluding carboxylic acids is 1. The van der Waals surface area contributed by atoms with Crippen LogP contribution in [0.1, 0.15) is 5.56 Å². The van der Waals surface area contributed by atoms with Crippen LogP contribution in [0.25, 0.3) is 0 Å². The van der Waals surface area contributed by atoms with Crippen molar-refractivity contribution < 1.29 is 4.79 Å². The molecule has 2 aromatic carbocycles. The van der Waals surface area contributed by atoms with Gasteiger partial charge in [-0.25, -0.2) is 0 Å². The zero-order chi connectivity index (χ0) is 17.8. The summed E-state index contributed by atoms with van der Waals surface area (Å²) in [6.07, 6.45) is 0. The summed E-state index contributed by atoms with van der Waals surface area (Å²) in [5.41, 5.74) is 3.17. The summed E-state index contributed by atoms with van der Waals surface area (Å²) in [7, 11) is 0. The summed E-state index contributed by atoms with van der Waals surface area (Å²) in [5.74, 6) is -0.00490. The Morgan fingerprint density at radius 2 is 1.64 bits per heavy atom. The first kappa shape index (κ1) is 18.1. The van der Waals surface area contributed by atoms with Gasteiger partial charge in [-0.15, -0.1) is 0 Å². The van der Waals surface area contributed by atoms with Crippen molar-refractivity contribution in [1.82, 2.24) is 4.90 Å². The zero-order valence-corrected chi connectivity index (χ0v) is 15.6. The smallest absolute Gasteiger partial charge is 0.238 e. The van der Waals surface area contributed by atoms with Crippen molar-refractivity contribution in [3.8, 4) is 0 Å². The fourth-order valence-corrected chi connectivity index (χ4v) is 3.30. The number of halogens is 2. The summed E-state index contributed by atoms with van der Waals surface area (Å²) < 4.78 is 0. The lowest BCUT2D eigenvalue weighted by atomic mass is 10.1. The highest BCUT2D eigenvalue weighted by Crippen LogP contribution is 2.25. The normalized spacial score (nSPS) is 15.2. The molecule has 1 amide bonds. The average Bonchev–Trinajstić information content (AvgIpc) is 2.60. The molecule has 2 aromatic rings. The molecule has 132 valence electrons. The summed E-state index contributed by atoms with van der Waals surface area (Å²) in [6, 6.07) is 13.1. The molecule has 0 saturated carbocycles. The largest absolute Gasteiger partial charge is 0.369 e. The molecule has 0 bridgehead atoms. The maximum Gasteiger partial charge on any atom is 0.238 e. The standard InChI is InChI=1S/C19H21Cl2N3O/c1-14-2-3-16(21)12-18(14)24-10-8-23(9-11-24)13-19(25)22-17-6-4-15(20)5-7-17/h2-7,12H,8-11,13H2,1H3,(H,22,25). The first-order valence-corrected chi connectivity index (χ1v) is 9.06. The fraction of sp³-hybridized carbons (Fsp3) is 0.316. The zero-order valence-electron chi connectivity index (χ0n) is 14.1. The Labute approximate surface area is 158 Å². The van der Waals surface area contributed by atoms with E-state index in [1.807, 2.05) is 18.2 Å². The number of aryl methyl sites for hydroxylation is 1. The molecule has 25 heavy (non-hydrogen) atoms. The quantitative estimate of drug-likeness (QED) is 0.872. The van der Waals surface area contributed by atoms with Gasteiger partial charge in [0.2, 0.25) is 5.91 Å². The Balaban J connectivity index is 1.51. The van der Waals surface area contributed by atoms with E-state index in [4.69, 9.17) is 23.2 Å². The van der Waals surface area contributed by atoms with Gasteiger partial charge in [-0.1, -0.05) is 29.3 Å². The summed E-state index contributed by atoms with van der Waals surface area (Å²) >= 11 is 12.0. The predicted molar refractivity (Wildman–Crippen MR) is 105 cm³/mol. The van der Waals surface area contributed by atoms with E-state index in [-0.39, 0.29) is 5.91 Å². The van der Waals surface area contributed by atoms with Crippen LogP contribution >= 0.6 is 23.2 Å². The van der Waals surface area contributed by atoms with Crippen molar-refractivity contribution in [2.24, 2.45) is 0 Å². The first-order chi connectivity index (χ1) is 12.0. The lowest BCUT2D eigenvalue weighted by molar-refractivity contribution is -0.117. The highest BCUT2D eigenvalue weighted by atomic mass is 35.5. The van der Waals surface area contributed by atoms with Gasteiger partial charge in [-0.3, -0.25) is 9.69 Å². The van der Waals surface area contributed by atoms with E-state index in [1.54, 1.807) is 24.3 Å². The van der Waals surface area contributed by atoms with Crippen LogP contribution in [-0.4, -0.2) is 43.5 Å². The van der Waals surface area contributed by atoms with Crippen molar-refractivity contribution in [2.45, 2.75) is 6.92 Å². The van der Waals surface area contributed by atoms with Crippen LogP contribution in [0, 0.1) is 6.92 Å². The topological polar surface area (TPSA) is 35.6 Å². The third kappa shape index (κ3) is 4.88. The van der Waals surface area contributed by atoms with Gasteiger partial charge < -0.3 is 10.2 Å². The van der Waals surface area contributed by atoms with Crippen LogP contribution in [-0.2, 0) is 4.79 Å². The SMILES string of the molecule is Cc1ccc(Cl)cc1N1CCN(CC(=O)Nc2ccc(Cl)cc2)CC1. The molecule has 0 radical (unpaired) electrons. The number of amides is 1. The van der Waals surface area contributed by atoms with Gasteiger partial charge in [0.15, 0.2) is 0 Å². The molecule has 1 fully saturated rings. The number of nitrogens with one attached hydrogen (secondary N) is 1. The lowest BCUT2D eigenvalue weighted by Crippen LogP contribution is -2.48. The number of carbonyl (C=O) groups is 1. The number of hydrogen-bond donors (Lipinski definition) is 1. The molecular weight excluding hydrogens is 357 g/mol. The second-order valence-corrected chi connectivity index (χ2v) is 7.12. The van der Waals surface area contributed by atoms with Gasteiger partial charge in [0, 0.05) is 47.6 Å². The van der Waals surface area contributed by atoms with Crippen LogP contribution in [0.2, 0.25) is 10.0 Å². The Morgan fingerprint density at radius 1 is 1.00 bits per heavy atom. The minimum atomic E-state index is -0.00490. The molecule has 3 rings (SSSR count). The Bertz CT molecular complexity index is 741. The van der Waals surface area contributed by atoms with Crippen LogP contribution in [0.3, 0.4) is 0 Å². The summed E-state index contributed by atoms with van der Waals surface area (Å²) in [5, 5.41) is 4.32. The van der Waals surface area contributed by atoms with E-state index in [0.29, 0.717) is 11.6 Å². The first-order valence-electron chi connectivity index (χ1n) is 8.30. The van der Waals surface area contributed by atoms with E-state index >= 15 is 0 Å². The number of hydrogen-bond acceptors (Lipinski definition) is 3. The third-order valence-corrected chi connectivity index (χ3v) is 4.87. The fourth-order valence-electron chi connectivity index (χ4n) is 3.01. The summed E-state index contributed by atoms with van der Waals surface area (Å²) in [4.78, 5) is 16.7. The van der Waals surface area contributed by atoms with Gasteiger partial charge >= 0.3 is 0 Å². The molecule has 6 heteroatoms. The maximum absolute atomic E-state index is 12.2. The van der Waals surface area contributed by atoms with E-state index in [2.05, 4.69) is 22.0 Å². The van der Waals surface area contributed by atoms with Crippen molar-refractivity contribution in [2.75, 3.05) is 42.9 Å². The molecule has 1 saturated heterocycles. The highest BCUT2D eigenvalue weighted by Gasteiger charge is 2.20. The maximum atomic E-state index is 12.2. The molecular formula is C19H21Cl2N3O. The molecule has 0 aliphatic carbocycles. The van der Waals surface area contributed by atoms with Crippen molar-refractivity contribution in [3.63, 3.8) is 0 Å². The van der Waals surface area contributed by atoms with Crippen LogP contribution < -0.4 is 10.2 Å². The predicted octanol–water partition coefficient (Wildman–Crippen LogP) is 4.06. The van der Waals surface area contributed by atoms with Gasteiger partial charge in [-0.05, 0) is 48.9 Å². The summed E-state index contributed by atoms with van der Waals surface area (Å²) in [6.45, 7) is 5.95. The molecule has 1 N–H and O–H groups in total. The third-order valence-electron chi connectivity index (χ3n) is 4.38. The molecule has 1 aliphatic heterocycles. The van der Waals surface area contributed by atoms with Crippen molar-refractivity contribution in [1.29, 1.82) is 0 Å². The second-order valence-electron chi connectivity index (χ2n) is 6.25. The Hall–Kier alpha value is -1.75. The van der Waals surface area contributed by atoms with Gasteiger partial charge in [0.25, 0.3) is 0 Å². The number of piperazine rings is 1. The molecule has 1 aliphatic rings. The van der Waals surface area contributed by atoms with Gasteiger partial charge in [0.05, 0.1) is 6.54 Å². The number of nitrogens with zero attached hydrogens (tertiary/aromatic N) is 2. The molecule has 0 unspecified atom stereocenters. The van der Waals surface area contributed by atoms with E-state index in [9.17, 15) is 4.79 Å². The van der Waals surface area contributed by atoms with Gasteiger partial charge in [-0.2, -0.15) is 0 Å². The molecule has 4 nitrogen and oxygen atoms in total. The van der Waals surface area contributed by atoms with Crippen molar-refractivity contribution >= 4 is 40.5 Å². The van der Waals surface area contributed by atoms with Crippen LogP contribution in [0.4, 0.5) is 11.4 Å². The molecule has 0 spiro atoms. The molecule has 1 heterocycles. The monoisotopic (exact) mass is 377 g/mol. The van der Waals surface area contributed by atoms with Crippen molar-refractivity contribution in [3.05, 3.63) is 58.1 Å². The minimum absolute atomic E-state index is 0.00490. The van der Waals surface area contributed by atoms with E-state index < -0.39 is 0 Å². The molecule has 0 aromatic heterocycles. The van der Waals surface area contributed by atoms with Gasteiger partial charge in [0.1, 0.15) is 0 Å². The second kappa shape index (κ2) is 8.09. The number of anilines is 2. The minimum Gasteiger partial charge on any atom is -0.369 e. The average molecular weight is 378 g/mol. The van der Waals surface area contributed by atoms with Crippen LogP contribution in [0.15, 0.2) is 42.5 Å². The molecule has 0 atom stereocenters. The Morgan fingerprint density at radius 3 is 2.32 bits per heavy atom. The van der Waals surface area contributed by atoms with E-state index in [1.165, 1.54) is 11.3 Å². The number of rotatable bonds is 4. The van der Waals surface area contributed by atoms with E-state index in [0.717, 1.165) is 36.9 Å². The highest BCUT2D eigenvalue weighted by molar-refractivity contribution is 6.31. The lowest BCUT2D eigenvalue weighted by Gasteiger charge is -2.36. The van der Waals surface area contributed by atoms with Crippen LogP contribution in [0.5, 0.6) is 0 Å².